The van der Waals surface area contributed by atoms with Crippen molar-refractivity contribution in [1.29, 1.82) is 0 Å². The second-order valence-corrected chi connectivity index (χ2v) is 13.3. The second-order valence-electron chi connectivity index (χ2n) is 12.4. The van der Waals surface area contributed by atoms with Crippen LogP contribution in [0.4, 0.5) is 4.79 Å². The predicted octanol–water partition coefficient (Wildman–Crippen LogP) is 5.76. The summed E-state index contributed by atoms with van der Waals surface area (Å²) in [5.41, 5.74) is 0.150. The molecule has 1 saturated heterocycles. The molecule has 12 heteroatoms. The van der Waals surface area contributed by atoms with Crippen LogP contribution in [0, 0.1) is 17.8 Å². The van der Waals surface area contributed by atoms with Gasteiger partial charge in [0.05, 0.1) is 12.8 Å². The first-order valence-corrected chi connectivity index (χ1v) is 17.7. The molecule has 2 heterocycles. The predicted molar refractivity (Wildman–Crippen MR) is 177 cm³/mol. The molecule has 5 atom stereocenters. The average molecular weight is 652 g/mol. The molecule has 1 aliphatic heterocycles. The Bertz CT molecular complexity index is 1080. The summed E-state index contributed by atoms with van der Waals surface area (Å²) in [6.07, 6.45) is 6.27. The third-order valence-electron chi connectivity index (χ3n) is 8.74. The number of alkyl carbamates (subject to hydrolysis) is 1. The SMILES string of the molecule is CCCCCCN(C(=O)[C@H](C(=O)N[C@H]1CCCCN1C)[C@@H](C)CC)[C@H](C[C@@H](OC(=O)NC)c1nc(C(=O)OCC)cs1)C(C)C. The lowest BCUT2D eigenvalue weighted by molar-refractivity contribution is -0.148. The van der Waals surface area contributed by atoms with E-state index in [0.717, 1.165) is 51.5 Å². The Balaban J connectivity index is 2.48. The van der Waals surface area contributed by atoms with Crippen molar-refractivity contribution in [2.45, 2.75) is 118 Å². The van der Waals surface area contributed by atoms with Crippen molar-refractivity contribution in [3.05, 3.63) is 16.1 Å². The maximum Gasteiger partial charge on any atom is 0.407 e. The third-order valence-corrected chi connectivity index (χ3v) is 9.67. The van der Waals surface area contributed by atoms with E-state index in [9.17, 15) is 19.2 Å². The Kier molecular flexibility index (Phi) is 16.8. The molecule has 0 aliphatic carbocycles. The number of amides is 3. The second kappa shape index (κ2) is 19.7. The summed E-state index contributed by atoms with van der Waals surface area (Å²) in [4.78, 5) is 61.9. The third kappa shape index (κ3) is 11.5. The first-order chi connectivity index (χ1) is 21.5. The van der Waals surface area contributed by atoms with Gasteiger partial charge in [0.25, 0.3) is 0 Å². The van der Waals surface area contributed by atoms with E-state index in [0.29, 0.717) is 18.0 Å². The van der Waals surface area contributed by atoms with Crippen LogP contribution in [0.3, 0.4) is 0 Å². The van der Waals surface area contributed by atoms with Crippen LogP contribution in [0.2, 0.25) is 0 Å². The molecule has 1 aromatic heterocycles. The highest BCUT2D eigenvalue weighted by Gasteiger charge is 2.40. The number of likely N-dealkylation sites (tertiary alicyclic amines) is 1. The molecule has 0 saturated carbocycles. The van der Waals surface area contributed by atoms with Gasteiger partial charge in [-0.1, -0.05) is 60.3 Å². The molecule has 256 valence electrons. The van der Waals surface area contributed by atoms with Gasteiger partial charge in [-0.3, -0.25) is 14.5 Å². The van der Waals surface area contributed by atoms with E-state index in [1.807, 2.05) is 39.6 Å². The zero-order valence-electron chi connectivity index (χ0n) is 28.7. The van der Waals surface area contributed by atoms with Crippen LogP contribution in [0.5, 0.6) is 0 Å². The van der Waals surface area contributed by atoms with Crippen LogP contribution >= 0.6 is 11.3 Å². The highest BCUT2D eigenvalue weighted by Crippen LogP contribution is 2.33. The number of nitrogens with one attached hydrogen (secondary N) is 2. The summed E-state index contributed by atoms with van der Waals surface area (Å²) in [5, 5.41) is 7.74. The van der Waals surface area contributed by atoms with Gasteiger partial charge in [-0.05, 0) is 58.0 Å². The lowest BCUT2D eigenvalue weighted by Gasteiger charge is -2.40. The number of esters is 1. The van der Waals surface area contributed by atoms with Crippen LogP contribution in [-0.4, -0.2) is 84.7 Å². The molecule has 0 unspecified atom stereocenters. The van der Waals surface area contributed by atoms with E-state index in [4.69, 9.17) is 9.47 Å². The highest BCUT2D eigenvalue weighted by molar-refractivity contribution is 7.09. The molecular weight excluding hydrogens is 594 g/mol. The molecule has 1 aromatic rings. The van der Waals surface area contributed by atoms with Crippen molar-refractivity contribution in [3.8, 4) is 0 Å². The summed E-state index contributed by atoms with van der Waals surface area (Å²) < 4.78 is 10.9. The number of hydrogen-bond donors (Lipinski definition) is 2. The van der Waals surface area contributed by atoms with Crippen molar-refractivity contribution in [3.63, 3.8) is 0 Å². The molecular formula is C33H57N5O6S. The number of carbonyl (C=O) groups excluding carboxylic acids is 4. The van der Waals surface area contributed by atoms with Gasteiger partial charge < -0.3 is 25.0 Å². The summed E-state index contributed by atoms with van der Waals surface area (Å²) in [6, 6.07) is -0.361. The molecule has 1 aliphatic rings. The number of carbonyl (C=O) groups is 4. The fraction of sp³-hybridized carbons (Fsp3) is 0.788. The first-order valence-electron chi connectivity index (χ1n) is 16.8. The monoisotopic (exact) mass is 651 g/mol. The summed E-state index contributed by atoms with van der Waals surface area (Å²) in [6.45, 7) is 13.5. The minimum atomic E-state index is -0.841. The average Bonchev–Trinajstić information content (AvgIpc) is 3.51. The lowest BCUT2D eigenvalue weighted by Crippen LogP contribution is -2.56. The molecule has 2 rings (SSSR count). The van der Waals surface area contributed by atoms with Gasteiger partial charge in [0.2, 0.25) is 11.8 Å². The van der Waals surface area contributed by atoms with Crippen LogP contribution in [-0.2, 0) is 19.1 Å². The van der Waals surface area contributed by atoms with Crippen molar-refractivity contribution in [2.75, 3.05) is 33.8 Å². The van der Waals surface area contributed by atoms with E-state index < -0.39 is 24.1 Å². The van der Waals surface area contributed by atoms with Gasteiger partial charge in [0.1, 0.15) is 10.9 Å². The first kappa shape index (κ1) is 38.5. The normalized spacial score (nSPS) is 18.0. The fourth-order valence-electron chi connectivity index (χ4n) is 5.79. The molecule has 2 N–H and O–H groups in total. The van der Waals surface area contributed by atoms with E-state index in [-0.39, 0.29) is 54.6 Å². The van der Waals surface area contributed by atoms with E-state index in [2.05, 4.69) is 27.4 Å². The minimum absolute atomic E-state index is 0.0227. The number of ether oxygens (including phenoxy) is 2. The fourth-order valence-corrected chi connectivity index (χ4v) is 6.62. The molecule has 0 radical (unpaired) electrons. The van der Waals surface area contributed by atoms with E-state index in [1.165, 1.54) is 18.4 Å². The van der Waals surface area contributed by atoms with Gasteiger partial charge in [0, 0.05) is 31.4 Å². The van der Waals surface area contributed by atoms with Crippen molar-refractivity contribution in [2.24, 2.45) is 17.8 Å². The molecule has 0 aromatic carbocycles. The zero-order valence-corrected chi connectivity index (χ0v) is 29.5. The Labute approximate surface area is 274 Å². The van der Waals surface area contributed by atoms with Crippen molar-refractivity contribution >= 4 is 35.2 Å². The largest absolute Gasteiger partial charge is 0.461 e. The zero-order chi connectivity index (χ0) is 33.5. The van der Waals surface area contributed by atoms with Gasteiger partial charge in [0.15, 0.2) is 11.8 Å². The Morgan fingerprint density at radius 1 is 1.11 bits per heavy atom. The van der Waals surface area contributed by atoms with Crippen LogP contribution < -0.4 is 10.6 Å². The van der Waals surface area contributed by atoms with E-state index >= 15 is 0 Å². The quantitative estimate of drug-likeness (QED) is 0.116. The number of hydrogen-bond acceptors (Lipinski definition) is 9. The number of nitrogens with zero attached hydrogens (tertiary/aromatic N) is 3. The lowest BCUT2D eigenvalue weighted by atomic mass is 9.87. The van der Waals surface area contributed by atoms with Gasteiger partial charge in [-0.15, -0.1) is 11.3 Å². The Morgan fingerprint density at radius 2 is 1.84 bits per heavy atom. The summed E-state index contributed by atoms with van der Waals surface area (Å²) in [7, 11) is 3.49. The van der Waals surface area contributed by atoms with Gasteiger partial charge >= 0.3 is 12.1 Å². The highest BCUT2D eigenvalue weighted by atomic mass is 32.1. The molecule has 3 amide bonds. The van der Waals surface area contributed by atoms with Crippen LogP contribution in [0.1, 0.15) is 121 Å². The topological polar surface area (TPSA) is 130 Å². The molecule has 1 fully saturated rings. The maximum absolute atomic E-state index is 14.6. The molecule has 0 bridgehead atoms. The van der Waals surface area contributed by atoms with Gasteiger partial charge in [-0.2, -0.15) is 0 Å². The number of aromatic nitrogens is 1. The van der Waals surface area contributed by atoms with Crippen molar-refractivity contribution < 1.29 is 28.7 Å². The van der Waals surface area contributed by atoms with Crippen LogP contribution in [0.25, 0.3) is 0 Å². The number of piperidine rings is 1. The van der Waals surface area contributed by atoms with E-state index in [1.54, 1.807) is 12.3 Å². The maximum atomic E-state index is 14.6. The van der Waals surface area contributed by atoms with Crippen LogP contribution in [0.15, 0.2) is 5.38 Å². The Hall–Kier alpha value is -2.73. The Morgan fingerprint density at radius 3 is 2.44 bits per heavy atom. The standard InChI is InChI=1S/C33H57N5O6S/c1-9-12-13-15-19-38(31(40)28(23(6)10-2)29(39)36-27-17-14-16-18-37(27)8)25(22(4)5)20-26(44-33(42)34-7)30-35-24(21-45-30)32(41)43-11-3/h21-23,25-28H,9-20H2,1-8H3,(H,34,42)(H,36,39)/t23-,25+,26+,27+,28-/m0/s1. The number of unbranched alkanes of at least 4 members (excludes halogenated alkanes) is 3. The molecule has 45 heavy (non-hydrogen) atoms. The summed E-state index contributed by atoms with van der Waals surface area (Å²) >= 11 is 1.21. The van der Waals surface area contributed by atoms with Gasteiger partial charge in [-0.25, -0.2) is 14.6 Å². The molecule has 11 nitrogen and oxygen atoms in total. The minimum Gasteiger partial charge on any atom is -0.461 e. The summed E-state index contributed by atoms with van der Waals surface area (Å²) in [5.74, 6) is -2.00. The molecule has 0 spiro atoms. The number of rotatable bonds is 18. The smallest absolute Gasteiger partial charge is 0.407 e. The van der Waals surface area contributed by atoms with Crippen molar-refractivity contribution in [1.82, 2.24) is 25.4 Å². The number of thiazole rings is 1.